The van der Waals surface area contributed by atoms with E-state index >= 15 is 0 Å². The Morgan fingerprint density at radius 3 is 2.77 bits per heavy atom. The van der Waals surface area contributed by atoms with E-state index in [4.69, 9.17) is 16.6 Å². The van der Waals surface area contributed by atoms with Crippen molar-refractivity contribution in [3.05, 3.63) is 47.0 Å². The highest BCUT2D eigenvalue weighted by molar-refractivity contribution is 14.0. The van der Waals surface area contributed by atoms with Crippen molar-refractivity contribution in [2.75, 3.05) is 26.2 Å². The Bertz CT molecular complexity index is 778. The lowest BCUT2D eigenvalue weighted by Gasteiger charge is -2.24. The first-order chi connectivity index (χ1) is 14.2. The molecule has 7 nitrogen and oxygen atoms in total. The maximum absolute atomic E-state index is 5.99. The molecule has 1 aromatic heterocycles. The van der Waals surface area contributed by atoms with Crippen LogP contribution in [0.1, 0.15) is 38.1 Å². The summed E-state index contributed by atoms with van der Waals surface area (Å²) in [5, 5.41) is 15.9. The molecule has 2 N–H and O–H groups in total. The van der Waals surface area contributed by atoms with E-state index in [1.807, 2.05) is 24.3 Å². The molecule has 2 aromatic rings. The van der Waals surface area contributed by atoms with Crippen LogP contribution in [0.4, 0.5) is 0 Å². The maximum atomic E-state index is 5.99. The number of guanidine groups is 1. The molecular formula is C21H33ClIN7. The van der Waals surface area contributed by atoms with Crippen molar-refractivity contribution in [2.45, 2.75) is 52.2 Å². The zero-order chi connectivity index (χ0) is 20.5. The number of aryl methyl sites for hydroxylation is 1. The highest BCUT2D eigenvalue weighted by atomic mass is 127. The van der Waals surface area contributed by atoms with Gasteiger partial charge in [-0.05, 0) is 43.6 Å². The Morgan fingerprint density at radius 2 is 2.03 bits per heavy atom. The standard InChI is InChI=1S/C21H32ClN7.HI/c1-3-20-27-26-16-29(20)13-11-23-21(24-14-17-7-9-18(22)10-8-17)25-15-19-6-5-12-28(19)4-2;/h7-10,16,19H,3-6,11-15H2,1-2H3,(H2,23,24,25);1H. The van der Waals surface area contributed by atoms with Gasteiger partial charge in [0.05, 0.1) is 6.54 Å². The second-order valence-corrected chi connectivity index (χ2v) is 7.75. The third-order valence-electron chi connectivity index (χ3n) is 5.40. The molecule has 0 bridgehead atoms. The molecule has 1 fully saturated rings. The van der Waals surface area contributed by atoms with E-state index in [0.29, 0.717) is 12.6 Å². The summed E-state index contributed by atoms with van der Waals surface area (Å²) in [6, 6.07) is 8.42. The highest BCUT2D eigenvalue weighted by Gasteiger charge is 2.22. The lowest BCUT2D eigenvalue weighted by atomic mass is 10.2. The molecule has 1 saturated heterocycles. The van der Waals surface area contributed by atoms with Gasteiger partial charge in [-0.2, -0.15) is 0 Å². The molecule has 1 aromatic carbocycles. The third kappa shape index (κ3) is 7.39. The van der Waals surface area contributed by atoms with Crippen molar-refractivity contribution in [2.24, 2.45) is 4.99 Å². The first-order valence-electron chi connectivity index (χ1n) is 10.6. The average molecular weight is 546 g/mol. The van der Waals surface area contributed by atoms with Crippen LogP contribution in [0.25, 0.3) is 0 Å². The van der Waals surface area contributed by atoms with Crippen molar-refractivity contribution >= 4 is 41.5 Å². The fourth-order valence-corrected chi connectivity index (χ4v) is 3.85. The van der Waals surface area contributed by atoms with Gasteiger partial charge in [0.1, 0.15) is 12.2 Å². The SMILES string of the molecule is CCc1nncn1CCNC(=NCc1ccc(Cl)cc1)NCC1CCCN1CC.I. The molecule has 1 unspecified atom stereocenters. The van der Waals surface area contributed by atoms with E-state index in [2.05, 4.69) is 44.1 Å². The van der Waals surface area contributed by atoms with E-state index in [1.165, 1.54) is 19.4 Å². The Hall–Kier alpha value is -1.39. The number of rotatable bonds is 9. The summed E-state index contributed by atoms with van der Waals surface area (Å²) in [5.74, 6) is 1.85. The van der Waals surface area contributed by atoms with Crippen LogP contribution in [-0.4, -0.2) is 57.8 Å². The Morgan fingerprint density at radius 1 is 1.23 bits per heavy atom. The van der Waals surface area contributed by atoms with E-state index in [-0.39, 0.29) is 24.0 Å². The number of benzene rings is 1. The zero-order valence-electron chi connectivity index (χ0n) is 17.9. The number of nitrogens with one attached hydrogen (secondary N) is 2. The molecule has 3 rings (SSSR count). The summed E-state index contributed by atoms with van der Waals surface area (Å²) in [6.45, 7) is 9.72. The molecule has 0 aliphatic carbocycles. The lowest BCUT2D eigenvalue weighted by molar-refractivity contribution is 0.267. The molecule has 0 amide bonds. The Balaban J connectivity index is 0.00000320. The molecule has 0 radical (unpaired) electrons. The van der Waals surface area contributed by atoms with Gasteiger partial charge < -0.3 is 15.2 Å². The Kier molecular flexibility index (Phi) is 10.9. The minimum atomic E-state index is 0. The van der Waals surface area contributed by atoms with Crippen LogP contribution in [0.15, 0.2) is 35.6 Å². The minimum Gasteiger partial charge on any atom is -0.355 e. The van der Waals surface area contributed by atoms with Crippen LogP contribution in [0.5, 0.6) is 0 Å². The van der Waals surface area contributed by atoms with E-state index < -0.39 is 0 Å². The predicted molar refractivity (Wildman–Crippen MR) is 134 cm³/mol. The third-order valence-corrected chi connectivity index (χ3v) is 5.65. The van der Waals surface area contributed by atoms with Gasteiger partial charge in [-0.25, -0.2) is 4.99 Å². The van der Waals surface area contributed by atoms with Gasteiger partial charge in [0.25, 0.3) is 0 Å². The number of hydrogen-bond donors (Lipinski definition) is 2. The van der Waals surface area contributed by atoms with Crippen molar-refractivity contribution in [3.63, 3.8) is 0 Å². The molecule has 0 saturated carbocycles. The number of likely N-dealkylation sites (tertiary alicyclic amines) is 1. The molecule has 9 heteroatoms. The van der Waals surface area contributed by atoms with Crippen LogP contribution in [-0.2, 0) is 19.5 Å². The molecular weight excluding hydrogens is 513 g/mol. The summed E-state index contributed by atoms with van der Waals surface area (Å²) in [5.41, 5.74) is 1.14. The van der Waals surface area contributed by atoms with E-state index in [0.717, 1.165) is 55.0 Å². The van der Waals surface area contributed by atoms with Crippen molar-refractivity contribution in [1.82, 2.24) is 30.3 Å². The van der Waals surface area contributed by atoms with Gasteiger partial charge in [0.2, 0.25) is 0 Å². The number of hydrogen-bond acceptors (Lipinski definition) is 4. The normalized spacial score (nSPS) is 17.0. The maximum Gasteiger partial charge on any atom is 0.191 e. The predicted octanol–water partition coefficient (Wildman–Crippen LogP) is 3.33. The lowest BCUT2D eigenvalue weighted by Crippen LogP contribution is -2.45. The van der Waals surface area contributed by atoms with Crippen molar-refractivity contribution in [3.8, 4) is 0 Å². The summed E-state index contributed by atoms with van der Waals surface area (Å²) >= 11 is 5.99. The first-order valence-corrected chi connectivity index (χ1v) is 10.9. The Labute approximate surface area is 201 Å². The van der Waals surface area contributed by atoms with Crippen LogP contribution in [0.2, 0.25) is 5.02 Å². The van der Waals surface area contributed by atoms with Gasteiger partial charge >= 0.3 is 0 Å². The second-order valence-electron chi connectivity index (χ2n) is 7.32. The summed E-state index contributed by atoms with van der Waals surface area (Å²) in [7, 11) is 0. The largest absolute Gasteiger partial charge is 0.355 e. The van der Waals surface area contributed by atoms with Crippen molar-refractivity contribution in [1.29, 1.82) is 0 Å². The minimum absolute atomic E-state index is 0. The first kappa shape index (κ1) is 24.9. The summed E-state index contributed by atoms with van der Waals surface area (Å²) in [6.07, 6.45) is 5.19. The number of halogens is 2. The smallest absolute Gasteiger partial charge is 0.191 e. The fraction of sp³-hybridized carbons (Fsp3) is 0.571. The van der Waals surface area contributed by atoms with Crippen LogP contribution < -0.4 is 10.6 Å². The molecule has 1 atom stereocenters. The van der Waals surface area contributed by atoms with E-state index in [1.54, 1.807) is 6.33 Å². The summed E-state index contributed by atoms with van der Waals surface area (Å²) in [4.78, 5) is 7.33. The number of aliphatic imine (C=N–C) groups is 1. The van der Waals surface area contributed by atoms with E-state index in [9.17, 15) is 0 Å². The molecule has 166 valence electrons. The van der Waals surface area contributed by atoms with Gasteiger partial charge in [-0.15, -0.1) is 34.2 Å². The second kappa shape index (κ2) is 13.1. The van der Waals surface area contributed by atoms with Crippen LogP contribution in [0, 0.1) is 0 Å². The average Bonchev–Trinajstić information content (AvgIpc) is 3.39. The molecule has 1 aliphatic heterocycles. The fourth-order valence-electron chi connectivity index (χ4n) is 3.73. The van der Waals surface area contributed by atoms with Crippen LogP contribution in [0.3, 0.4) is 0 Å². The molecule has 30 heavy (non-hydrogen) atoms. The highest BCUT2D eigenvalue weighted by Crippen LogP contribution is 2.15. The molecule has 0 spiro atoms. The van der Waals surface area contributed by atoms with Crippen molar-refractivity contribution < 1.29 is 0 Å². The monoisotopic (exact) mass is 545 g/mol. The van der Waals surface area contributed by atoms with Gasteiger partial charge in [0.15, 0.2) is 5.96 Å². The van der Waals surface area contributed by atoms with Crippen LogP contribution >= 0.6 is 35.6 Å². The number of nitrogens with zero attached hydrogens (tertiary/aromatic N) is 5. The van der Waals surface area contributed by atoms with Gasteiger partial charge in [0, 0.05) is 37.1 Å². The quantitative estimate of drug-likeness (QED) is 0.287. The molecule has 2 heterocycles. The molecule has 1 aliphatic rings. The zero-order valence-corrected chi connectivity index (χ0v) is 20.9. The number of likely N-dealkylation sites (N-methyl/N-ethyl adjacent to an activating group) is 1. The number of aromatic nitrogens is 3. The van der Waals surface area contributed by atoms with Gasteiger partial charge in [-0.3, -0.25) is 4.90 Å². The van der Waals surface area contributed by atoms with Gasteiger partial charge in [-0.1, -0.05) is 37.6 Å². The topological polar surface area (TPSA) is 70.4 Å². The summed E-state index contributed by atoms with van der Waals surface area (Å²) < 4.78 is 2.08.